The highest BCUT2D eigenvalue weighted by atomic mass is 19.4. The molecule has 0 bridgehead atoms. The number of nitrogens with zero attached hydrogens (tertiary/aromatic N) is 1. The van der Waals surface area contributed by atoms with Gasteiger partial charge in [-0.15, -0.1) is 0 Å². The molecule has 1 heterocycles. The van der Waals surface area contributed by atoms with E-state index in [0.29, 0.717) is 0 Å². The van der Waals surface area contributed by atoms with E-state index in [1.54, 1.807) is 0 Å². The predicted octanol–water partition coefficient (Wildman–Crippen LogP) is 1.33. The van der Waals surface area contributed by atoms with Crippen molar-refractivity contribution in [2.45, 2.75) is 12.7 Å². The normalized spacial score (nSPS) is 12.1. The van der Waals surface area contributed by atoms with E-state index in [4.69, 9.17) is 14.6 Å². The number of alkyl halides is 3. The number of hydrogen-bond acceptors (Lipinski definition) is 4. The van der Waals surface area contributed by atoms with Gasteiger partial charge in [0.05, 0.1) is 26.0 Å². The van der Waals surface area contributed by atoms with Gasteiger partial charge >= 0.3 is 12.1 Å². The first-order valence-corrected chi connectivity index (χ1v) is 5.03. The van der Waals surface area contributed by atoms with Gasteiger partial charge in [0.1, 0.15) is 11.3 Å². The Kier molecular flexibility index (Phi) is 4.74. The zero-order valence-corrected chi connectivity index (χ0v) is 9.28. The van der Waals surface area contributed by atoms with Crippen molar-refractivity contribution >= 4 is 5.97 Å². The fourth-order valence-electron chi connectivity index (χ4n) is 1.47. The zero-order chi connectivity index (χ0) is 13.8. The van der Waals surface area contributed by atoms with Gasteiger partial charge in [0.2, 0.25) is 0 Å². The highest BCUT2D eigenvalue weighted by Crippen LogP contribution is 2.19. The Labute approximate surface area is 100 Å². The lowest BCUT2D eigenvalue weighted by Crippen LogP contribution is -2.36. The number of halogens is 3. The number of carboxylic acid groups (broad SMARTS) is 1. The molecule has 0 aromatic carbocycles. The van der Waals surface area contributed by atoms with E-state index in [2.05, 4.69) is 0 Å². The van der Waals surface area contributed by atoms with Crippen LogP contribution in [0.4, 0.5) is 13.2 Å². The molecule has 0 atom stereocenters. The van der Waals surface area contributed by atoms with Crippen molar-refractivity contribution in [3.8, 4) is 0 Å². The van der Waals surface area contributed by atoms with Crippen LogP contribution >= 0.6 is 0 Å². The molecular weight excluding hydrogens is 255 g/mol. The van der Waals surface area contributed by atoms with Crippen LogP contribution in [0.3, 0.4) is 0 Å². The number of furan rings is 1. The van der Waals surface area contributed by atoms with Gasteiger partial charge in [-0.3, -0.25) is 4.90 Å². The van der Waals surface area contributed by atoms with Gasteiger partial charge in [0.25, 0.3) is 0 Å². The van der Waals surface area contributed by atoms with Crippen molar-refractivity contribution in [2.75, 3.05) is 19.7 Å². The Morgan fingerprint density at radius 1 is 1.44 bits per heavy atom. The number of aliphatic hydroxyl groups excluding tert-OH is 1. The SMILES string of the molecule is O=C(O)c1ccoc1CN(CCO)CC(F)(F)F. The fourth-order valence-corrected chi connectivity index (χ4v) is 1.47. The molecule has 0 fully saturated rings. The van der Waals surface area contributed by atoms with E-state index in [9.17, 15) is 18.0 Å². The van der Waals surface area contributed by atoms with Gasteiger partial charge in [-0.25, -0.2) is 4.79 Å². The van der Waals surface area contributed by atoms with E-state index in [1.165, 1.54) is 6.07 Å². The molecule has 0 radical (unpaired) electrons. The second kappa shape index (κ2) is 5.87. The summed E-state index contributed by atoms with van der Waals surface area (Å²) < 4.78 is 41.6. The molecule has 2 N–H and O–H groups in total. The van der Waals surface area contributed by atoms with Crippen LogP contribution in [-0.2, 0) is 6.54 Å². The first-order chi connectivity index (χ1) is 8.33. The Hall–Kier alpha value is -1.54. The van der Waals surface area contributed by atoms with Gasteiger partial charge in [-0.1, -0.05) is 0 Å². The third-order valence-corrected chi connectivity index (χ3v) is 2.16. The molecule has 0 aliphatic carbocycles. The average Bonchev–Trinajstić information content (AvgIpc) is 2.63. The first-order valence-electron chi connectivity index (χ1n) is 5.03. The average molecular weight is 267 g/mol. The summed E-state index contributed by atoms with van der Waals surface area (Å²) in [5.74, 6) is -1.34. The maximum atomic E-state index is 12.2. The molecule has 0 unspecified atom stereocenters. The monoisotopic (exact) mass is 267 g/mol. The molecule has 0 spiro atoms. The van der Waals surface area contributed by atoms with Crippen molar-refractivity contribution in [2.24, 2.45) is 0 Å². The van der Waals surface area contributed by atoms with Gasteiger partial charge in [-0.05, 0) is 6.07 Å². The van der Waals surface area contributed by atoms with Crippen LogP contribution in [0.5, 0.6) is 0 Å². The summed E-state index contributed by atoms with van der Waals surface area (Å²) in [6.07, 6.45) is -3.32. The van der Waals surface area contributed by atoms with Gasteiger partial charge < -0.3 is 14.6 Å². The minimum Gasteiger partial charge on any atom is -0.478 e. The molecule has 5 nitrogen and oxygen atoms in total. The zero-order valence-electron chi connectivity index (χ0n) is 9.28. The quantitative estimate of drug-likeness (QED) is 0.813. The first kappa shape index (κ1) is 14.5. The molecule has 0 aliphatic heterocycles. The molecule has 18 heavy (non-hydrogen) atoms. The van der Waals surface area contributed by atoms with Crippen molar-refractivity contribution in [3.63, 3.8) is 0 Å². The van der Waals surface area contributed by atoms with E-state index in [0.717, 1.165) is 11.2 Å². The Balaban J connectivity index is 2.76. The fraction of sp³-hybridized carbons (Fsp3) is 0.500. The summed E-state index contributed by atoms with van der Waals surface area (Å²) >= 11 is 0. The minimum atomic E-state index is -4.43. The molecule has 1 rings (SSSR count). The van der Waals surface area contributed by atoms with E-state index >= 15 is 0 Å². The lowest BCUT2D eigenvalue weighted by molar-refractivity contribution is -0.148. The summed E-state index contributed by atoms with van der Waals surface area (Å²) in [6.45, 7) is -2.25. The smallest absolute Gasteiger partial charge is 0.401 e. The number of aliphatic hydroxyl groups is 1. The van der Waals surface area contributed by atoms with Crippen LogP contribution in [0, 0.1) is 0 Å². The summed E-state index contributed by atoms with van der Waals surface area (Å²) in [4.78, 5) is 11.6. The van der Waals surface area contributed by atoms with Gasteiger partial charge in [0.15, 0.2) is 0 Å². The van der Waals surface area contributed by atoms with Crippen LogP contribution in [-0.4, -0.2) is 47.0 Å². The molecule has 0 amide bonds. The van der Waals surface area contributed by atoms with Gasteiger partial charge in [0, 0.05) is 6.54 Å². The molecule has 1 aromatic rings. The molecular formula is C10H12F3NO4. The molecule has 0 saturated heterocycles. The highest BCUT2D eigenvalue weighted by molar-refractivity contribution is 5.88. The third-order valence-electron chi connectivity index (χ3n) is 2.16. The number of carboxylic acids is 1. The number of rotatable bonds is 6. The molecule has 102 valence electrons. The number of carbonyl (C=O) groups is 1. The maximum absolute atomic E-state index is 12.2. The summed E-state index contributed by atoms with van der Waals surface area (Å²) in [6, 6.07) is 1.17. The molecule has 1 aromatic heterocycles. The second-order valence-electron chi connectivity index (χ2n) is 3.61. The second-order valence-corrected chi connectivity index (χ2v) is 3.61. The minimum absolute atomic E-state index is 0.0693. The van der Waals surface area contributed by atoms with E-state index in [1.807, 2.05) is 0 Å². The summed E-state index contributed by atoms with van der Waals surface area (Å²) in [5, 5.41) is 17.5. The van der Waals surface area contributed by atoms with Crippen LogP contribution in [0.2, 0.25) is 0 Å². The standard InChI is InChI=1S/C10H12F3NO4/c11-10(12,13)6-14(2-3-15)5-8-7(9(16)17)1-4-18-8/h1,4,15H,2-3,5-6H2,(H,16,17). The number of hydrogen-bond donors (Lipinski definition) is 2. The molecule has 8 heteroatoms. The maximum Gasteiger partial charge on any atom is 0.401 e. The van der Waals surface area contributed by atoms with Gasteiger partial charge in [-0.2, -0.15) is 13.2 Å². The lowest BCUT2D eigenvalue weighted by Gasteiger charge is -2.21. The third kappa shape index (κ3) is 4.38. The summed E-state index contributed by atoms with van der Waals surface area (Å²) in [5.41, 5.74) is -0.180. The predicted molar refractivity (Wildman–Crippen MR) is 54.1 cm³/mol. The molecule has 0 aliphatic rings. The Morgan fingerprint density at radius 2 is 2.11 bits per heavy atom. The van der Waals surface area contributed by atoms with E-state index < -0.39 is 25.3 Å². The Bertz CT molecular complexity index is 402. The topological polar surface area (TPSA) is 73.9 Å². The lowest BCUT2D eigenvalue weighted by atomic mass is 10.2. The largest absolute Gasteiger partial charge is 0.478 e. The van der Waals surface area contributed by atoms with E-state index in [-0.39, 0.29) is 24.4 Å². The van der Waals surface area contributed by atoms with Crippen LogP contribution in [0.25, 0.3) is 0 Å². The van der Waals surface area contributed by atoms with Crippen LogP contribution in [0.15, 0.2) is 16.7 Å². The van der Waals surface area contributed by atoms with Crippen molar-refractivity contribution in [3.05, 3.63) is 23.7 Å². The summed E-state index contributed by atoms with van der Waals surface area (Å²) in [7, 11) is 0. The van der Waals surface area contributed by atoms with Crippen LogP contribution < -0.4 is 0 Å². The van der Waals surface area contributed by atoms with Crippen molar-refractivity contribution < 1.29 is 32.6 Å². The number of aromatic carboxylic acids is 1. The van der Waals surface area contributed by atoms with Crippen molar-refractivity contribution in [1.29, 1.82) is 0 Å². The Morgan fingerprint density at radius 3 is 2.61 bits per heavy atom. The van der Waals surface area contributed by atoms with Crippen LogP contribution in [0.1, 0.15) is 16.1 Å². The van der Waals surface area contributed by atoms with Crippen molar-refractivity contribution in [1.82, 2.24) is 4.90 Å². The highest BCUT2D eigenvalue weighted by Gasteiger charge is 2.31. The molecule has 0 saturated carbocycles.